The molecule has 0 spiro atoms. The van der Waals surface area contributed by atoms with Gasteiger partial charge in [-0.3, -0.25) is 10.1 Å². The molecular formula is C13H21ClN4O2. The van der Waals surface area contributed by atoms with E-state index in [1.807, 2.05) is 0 Å². The van der Waals surface area contributed by atoms with Crippen LogP contribution in [0, 0.1) is 15.5 Å². The van der Waals surface area contributed by atoms with E-state index in [2.05, 4.69) is 36.1 Å². The van der Waals surface area contributed by atoms with Crippen molar-refractivity contribution in [2.45, 2.75) is 46.5 Å². The number of anilines is 1. The molecule has 20 heavy (non-hydrogen) atoms. The molecule has 112 valence electrons. The Morgan fingerprint density at radius 3 is 2.70 bits per heavy atom. The number of unbranched alkanes of at least 4 members (excludes halogenated alkanes) is 2. The minimum Gasteiger partial charge on any atom is -0.364 e. The van der Waals surface area contributed by atoms with E-state index in [1.54, 1.807) is 0 Å². The van der Waals surface area contributed by atoms with Crippen molar-refractivity contribution >= 4 is 23.1 Å². The molecule has 0 amide bonds. The molecule has 0 aliphatic rings. The third-order valence-electron chi connectivity index (χ3n) is 3.15. The number of rotatable bonds is 8. The fourth-order valence-electron chi connectivity index (χ4n) is 1.91. The van der Waals surface area contributed by atoms with Crippen LogP contribution in [0.1, 0.15) is 46.5 Å². The number of nitro groups is 1. The van der Waals surface area contributed by atoms with Crippen LogP contribution in [0.5, 0.6) is 0 Å². The van der Waals surface area contributed by atoms with Crippen molar-refractivity contribution in [3.05, 3.63) is 21.6 Å². The summed E-state index contributed by atoms with van der Waals surface area (Å²) in [5, 5.41) is 13.9. The lowest BCUT2D eigenvalue weighted by atomic mass is 9.87. The molecule has 0 atom stereocenters. The monoisotopic (exact) mass is 300 g/mol. The third kappa shape index (κ3) is 4.92. The van der Waals surface area contributed by atoms with Crippen LogP contribution in [0.2, 0.25) is 5.15 Å². The van der Waals surface area contributed by atoms with Crippen LogP contribution in [-0.2, 0) is 0 Å². The molecule has 0 aliphatic carbocycles. The maximum atomic E-state index is 11.0. The number of aromatic nitrogens is 2. The van der Waals surface area contributed by atoms with Crippen molar-refractivity contribution in [3.63, 3.8) is 0 Å². The first-order valence-electron chi connectivity index (χ1n) is 6.76. The second kappa shape index (κ2) is 7.38. The molecule has 0 fully saturated rings. The smallest absolute Gasteiger partial charge is 0.348 e. The first-order valence-corrected chi connectivity index (χ1v) is 7.14. The number of nitrogens with one attached hydrogen (secondary N) is 1. The van der Waals surface area contributed by atoms with E-state index in [0.717, 1.165) is 12.8 Å². The maximum Gasteiger partial charge on any atom is 0.348 e. The molecule has 0 bridgehead atoms. The van der Waals surface area contributed by atoms with Gasteiger partial charge in [0.2, 0.25) is 11.0 Å². The molecule has 1 aromatic rings. The summed E-state index contributed by atoms with van der Waals surface area (Å²) in [5.41, 5.74) is -0.223. The Kier molecular flexibility index (Phi) is 6.13. The highest BCUT2D eigenvalue weighted by atomic mass is 35.5. The molecule has 0 radical (unpaired) electrons. The van der Waals surface area contributed by atoms with Gasteiger partial charge < -0.3 is 5.32 Å². The predicted octanol–water partition coefficient (Wildman–Crippen LogP) is 4.06. The van der Waals surface area contributed by atoms with Gasteiger partial charge in [0.25, 0.3) is 0 Å². The summed E-state index contributed by atoms with van der Waals surface area (Å²) in [6, 6.07) is 0. The average Bonchev–Trinajstić information content (AvgIpc) is 2.36. The van der Waals surface area contributed by atoms with Crippen LogP contribution < -0.4 is 5.32 Å². The van der Waals surface area contributed by atoms with Crippen LogP contribution in [0.3, 0.4) is 0 Å². The van der Waals surface area contributed by atoms with Crippen LogP contribution in [-0.4, -0.2) is 21.4 Å². The van der Waals surface area contributed by atoms with Gasteiger partial charge in [0, 0.05) is 6.54 Å². The SMILES string of the molecule is CCCCCC(C)(C)CNc1ncnc(Cl)c1[N+](=O)[O-]. The van der Waals surface area contributed by atoms with Gasteiger partial charge in [0.15, 0.2) is 0 Å². The van der Waals surface area contributed by atoms with E-state index in [-0.39, 0.29) is 22.1 Å². The van der Waals surface area contributed by atoms with Gasteiger partial charge in [0.05, 0.1) is 4.92 Å². The zero-order chi connectivity index (χ0) is 15.2. The Hall–Kier alpha value is -1.43. The van der Waals surface area contributed by atoms with E-state index >= 15 is 0 Å². The topological polar surface area (TPSA) is 81.0 Å². The Balaban J connectivity index is 2.70. The summed E-state index contributed by atoms with van der Waals surface area (Å²) in [7, 11) is 0. The molecular weight excluding hydrogens is 280 g/mol. The van der Waals surface area contributed by atoms with Crippen molar-refractivity contribution in [2.75, 3.05) is 11.9 Å². The summed E-state index contributed by atoms with van der Waals surface area (Å²) in [4.78, 5) is 18.0. The van der Waals surface area contributed by atoms with Gasteiger partial charge in [-0.2, -0.15) is 0 Å². The fourth-order valence-corrected chi connectivity index (χ4v) is 2.12. The molecule has 0 aromatic carbocycles. The molecule has 0 unspecified atom stereocenters. The summed E-state index contributed by atoms with van der Waals surface area (Å²) in [6.07, 6.45) is 5.80. The van der Waals surface area contributed by atoms with Crippen molar-refractivity contribution in [1.82, 2.24) is 9.97 Å². The van der Waals surface area contributed by atoms with Crippen molar-refractivity contribution < 1.29 is 4.92 Å². The van der Waals surface area contributed by atoms with Crippen molar-refractivity contribution in [1.29, 1.82) is 0 Å². The van der Waals surface area contributed by atoms with Crippen LogP contribution in [0.25, 0.3) is 0 Å². The number of halogens is 1. The largest absolute Gasteiger partial charge is 0.364 e. The molecule has 7 heteroatoms. The lowest BCUT2D eigenvalue weighted by Gasteiger charge is -2.25. The number of hydrogen-bond donors (Lipinski definition) is 1. The molecule has 0 saturated carbocycles. The third-order valence-corrected chi connectivity index (χ3v) is 3.43. The normalized spacial score (nSPS) is 11.4. The molecule has 6 nitrogen and oxygen atoms in total. The molecule has 1 heterocycles. The van der Waals surface area contributed by atoms with E-state index in [0.29, 0.717) is 6.54 Å². The summed E-state index contributed by atoms with van der Waals surface area (Å²) < 4.78 is 0. The fraction of sp³-hybridized carbons (Fsp3) is 0.692. The van der Waals surface area contributed by atoms with Crippen molar-refractivity contribution in [3.8, 4) is 0 Å². The summed E-state index contributed by atoms with van der Waals surface area (Å²) in [6.45, 7) is 7.02. The van der Waals surface area contributed by atoms with Gasteiger partial charge in [-0.25, -0.2) is 9.97 Å². The lowest BCUT2D eigenvalue weighted by molar-refractivity contribution is -0.384. The quantitative estimate of drug-likeness (QED) is 0.339. The van der Waals surface area contributed by atoms with E-state index in [9.17, 15) is 10.1 Å². The minimum atomic E-state index is -0.561. The van der Waals surface area contributed by atoms with Gasteiger partial charge >= 0.3 is 5.69 Å². The van der Waals surface area contributed by atoms with Gasteiger partial charge in [-0.15, -0.1) is 0 Å². The minimum absolute atomic E-state index is 0.0421. The van der Waals surface area contributed by atoms with Crippen molar-refractivity contribution in [2.24, 2.45) is 5.41 Å². The van der Waals surface area contributed by atoms with E-state index < -0.39 is 4.92 Å². The molecule has 1 N–H and O–H groups in total. The Labute approximate surface area is 124 Å². The Bertz CT molecular complexity index is 466. The molecule has 1 rings (SSSR count). The van der Waals surface area contributed by atoms with Crippen LogP contribution in [0.4, 0.5) is 11.5 Å². The highest BCUT2D eigenvalue weighted by Crippen LogP contribution is 2.30. The second-order valence-corrected chi connectivity index (χ2v) is 5.95. The Morgan fingerprint density at radius 2 is 2.10 bits per heavy atom. The average molecular weight is 301 g/mol. The lowest BCUT2D eigenvalue weighted by Crippen LogP contribution is -2.24. The maximum absolute atomic E-state index is 11.0. The Morgan fingerprint density at radius 1 is 1.40 bits per heavy atom. The zero-order valence-corrected chi connectivity index (χ0v) is 12.9. The molecule has 1 aromatic heterocycles. The highest BCUT2D eigenvalue weighted by molar-refractivity contribution is 6.31. The standard InChI is InChI=1S/C13H21ClN4O2/c1-4-5-6-7-13(2,3)8-15-12-10(18(19)20)11(14)16-9-17-12/h9H,4-8H2,1-3H3,(H,15,16,17). The van der Waals surface area contributed by atoms with Crippen LogP contribution in [0.15, 0.2) is 6.33 Å². The first kappa shape index (κ1) is 16.6. The van der Waals surface area contributed by atoms with Gasteiger partial charge in [0.1, 0.15) is 6.33 Å². The first-order chi connectivity index (χ1) is 9.37. The van der Waals surface area contributed by atoms with E-state index in [1.165, 1.54) is 19.2 Å². The zero-order valence-electron chi connectivity index (χ0n) is 12.1. The predicted molar refractivity (Wildman–Crippen MR) is 80.1 cm³/mol. The summed E-state index contributed by atoms with van der Waals surface area (Å²) in [5.74, 6) is 0.179. The summed E-state index contributed by atoms with van der Waals surface area (Å²) >= 11 is 5.74. The molecule has 0 aliphatic heterocycles. The van der Waals surface area contributed by atoms with Crippen LogP contribution >= 0.6 is 11.6 Å². The van der Waals surface area contributed by atoms with E-state index in [4.69, 9.17) is 11.6 Å². The second-order valence-electron chi connectivity index (χ2n) is 5.59. The van der Waals surface area contributed by atoms with Gasteiger partial charge in [-0.1, -0.05) is 51.6 Å². The number of hydrogen-bond acceptors (Lipinski definition) is 5. The molecule has 0 saturated heterocycles. The van der Waals surface area contributed by atoms with Gasteiger partial charge in [-0.05, 0) is 11.8 Å². The number of nitrogens with zero attached hydrogens (tertiary/aromatic N) is 3. The highest BCUT2D eigenvalue weighted by Gasteiger charge is 2.24.